The van der Waals surface area contributed by atoms with Gasteiger partial charge in [0.15, 0.2) is 0 Å². The van der Waals surface area contributed by atoms with E-state index in [9.17, 15) is 13.2 Å². The van der Waals surface area contributed by atoms with Crippen LogP contribution in [0.15, 0.2) is 53.0 Å². The first-order valence-electron chi connectivity index (χ1n) is 7.81. The summed E-state index contributed by atoms with van der Waals surface area (Å²) in [6.07, 6.45) is 1.11. The average molecular weight is 425 g/mol. The van der Waals surface area contributed by atoms with Gasteiger partial charge in [0, 0.05) is 4.47 Å². The molecule has 25 heavy (non-hydrogen) atoms. The van der Waals surface area contributed by atoms with Crippen molar-refractivity contribution in [2.24, 2.45) is 0 Å². The largest absolute Gasteiger partial charge is 0.323 e. The molecule has 7 heteroatoms. The van der Waals surface area contributed by atoms with E-state index in [2.05, 4.69) is 21.2 Å². The van der Waals surface area contributed by atoms with Crippen molar-refractivity contribution in [3.8, 4) is 0 Å². The molecule has 0 heterocycles. The van der Waals surface area contributed by atoms with Crippen LogP contribution in [0.4, 0.5) is 11.4 Å². The average Bonchev–Trinajstić information content (AvgIpc) is 2.54. The zero-order valence-electron chi connectivity index (χ0n) is 14.4. The van der Waals surface area contributed by atoms with E-state index in [0.717, 1.165) is 20.6 Å². The first-order valence-corrected chi connectivity index (χ1v) is 10.5. The standard InChI is InChI=1S/C18H21BrN2O3S/c1-13(2)14-8-4-7-11-17(14)21(25(3,23)24)12-18(22)20-16-10-6-5-9-15(16)19/h4-11,13H,12H2,1-3H3,(H,20,22). The lowest BCUT2D eigenvalue weighted by Gasteiger charge is -2.25. The maximum atomic E-state index is 12.4. The second-order valence-electron chi connectivity index (χ2n) is 6.01. The molecule has 0 atom stereocenters. The SMILES string of the molecule is CC(C)c1ccccc1N(CC(=O)Nc1ccccc1Br)S(C)(=O)=O. The van der Waals surface area contributed by atoms with Crippen LogP contribution in [0.3, 0.4) is 0 Å². The number of carbonyl (C=O) groups excluding carboxylic acids is 1. The molecule has 0 bridgehead atoms. The van der Waals surface area contributed by atoms with Crippen molar-refractivity contribution in [2.45, 2.75) is 19.8 Å². The van der Waals surface area contributed by atoms with Crippen LogP contribution in [0.1, 0.15) is 25.3 Å². The number of hydrogen-bond donors (Lipinski definition) is 1. The minimum atomic E-state index is -3.61. The van der Waals surface area contributed by atoms with Gasteiger partial charge < -0.3 is 5.32 Å². The highest BCUT2D eigenvalue weighted by Gasteiger charge is 2.24. The van der Waals surface area contributed by atoms with Gasteiger partial charge in [-0.15, -0.1) is 0 Å². The van der Waals surface area contributed by atoms with Gasteiger partial charge in [0.1, 0.15) is 6.54 Å². The Labute approximate surface area is 157 Å². The van der Waals surface area contributed by atoms with Crippen LogP contribution in [-0.4, -0.2) is 27.1 Å². The quantitative estimate of drug-likeness (QED) is 0.762. The summed E-state index contributed by atoms with van der Waals surface area (Å²) >= 11 is 3.36. The Kier molecular flexibility index (Phi) is 6.24. The lowest BCUT2D eigenvalue weighted by Crippen LogP contribution is -2.38. The fourth-order valence-electron chi connectivity index (χ4n) is 2.47. The number of carbonyl (C=O) groups is 1. The Morgan fingerprint density at radius 1 is 1.12 bits per heavy atom. The van der Waals surface area contributed by atoms with E-state index in [0.29, 0.717) is 11.4 Å². The fraction of sp³-hybridized carbons (Fsp3) is 0.278. The van der Waals surface area contributed by atoms with Crippen LogP contribution >= 0.6 is 15.9 Å². The van der Waals surface area contributed by atoms with E-state index in [1.807, 2.05) is 32.0 Å². The Morgan fingerprint density at radius 2 is 1.72 bits per heavy atom. The fourth-order valence-corrected chi connectivity index (χ4v) is 3.73. The topological polar surface area (TPSA) is 66.5 Å². The number of benzene rings is 2. The van der Waals surface area contributed by atoms with Gasteiger partial charge in [0.2, 0.25) is 15.9 Å². The lowest BCUT2D eigenvalue weighted by atomic mass is 10.0. The third-order valence-corrected chi connectivity index (χ3v) is 5.48. The Bertz CT molecular complexity index is 866. The van der Waals surface area contributed by atoms with E-state index < -0.39 is 15.9 Å². The van der Waals surface area contributed by atoms with E-state index >= 15 is 0 Å². The molecule has 0 aromatic heterocycles. The lowest BCUT2D eigenvalue weighted by molar-refractivity contribution is -0.114. The van der Waals surface area contributed by atoms with Gasteiger partial charge in [-0.1, -0.05) is 44.2 Å². The number of halogens is 1. The maximum absolute atomic E-state index is 12.4. The van der Waals surface area contributed by atoms with E-state index in [-0.39, 0.29) is 12.5 Å². The molecule has 0 radical (unpaired) electrons. The summed E-state index contributed by atoms with van der Waals surface area (Å²) in [5.41, 5.74) is 2.00. The minimum Gasteiger partial charge on any atom is -0.323 e. The number of sulfonamides is 1. The third kappa shape index (κ3) is 5.06. The molecule has 0 aliphatic rings. The predicted octanol–water partition coefficient (Wildman–Crippen LogP) is 3.98. The molecule has 0 fully saturated rings. The first-order chi connectivity index (χ1) is 11.7. The van der Waals surface area contributed by atoms with Gasteiger partial charge in [-0.25, -0.2) is 8.42 Å². The predicted molar refractivity (Wildman–Crippen MR) is 105 cm³/mol. The van der Waals surface area contributed by atoms with Gasteiger partial charge in [-0.2, -0.15) is 0 Å². The van der Waals surface area contributed by atoms with Gasteiger partial charge in [0.25, 0.3) is 0 Å². The second-order valence-corrected chi connectivity index (χ2v) is 8.77. The summed E-state index contributed by atoms with van der Waals surface area (Å²) in [5, 5.41) is 2.74. The molecule has 5 nitrogen and oxygen atoms in total. The zero-order valence-corrected chi connectivity index (χ0v) is 16.8. The first kappa shape index (κ1) is 19.5. The summed E-state index contributed by atoms with van der Waals surface area (Å²) < 4.78 is 26.5. The number of amides is 1. The van der Waals surface area contributed by atoms with Gasteiger partial charge in [0.05, 0.1) is 17.6 Å². The smallest absolute Gasteiger partial charge is 0.245 e. The number of rotatable bonds is 6. The number of hydrogen-bond acceptors (Lipinski definition) is 3. The molecular weight excluding hydrogens is 404 g/mol. The summed E-state index contributed by atoms with van der Waals surface area (Å²) in [5.74, 6) is -0.275. The molecule has 0 saturated heterocycles. The highest BCUT2D eigenvalue weighted by atomic mass is 79.9. The van der Waals surface area contributed by atoms with Crippen molar-refractivity contribution in [3.63, 3.8) is 0 Å². The van der Waals surface area contributed by atoms with Crippen LogP contribution in [0.2, 0.25) is 0 Å². The summed E-state index contributed by atoms with van der Waals surface area (Å²) in [4.78, 5) is 12.4. The molecule has 2 aromatic rings. The molecule has 134 valence electrons. The van der Waals surface area contributed by atoms with E-state index in [1.54, 1.807) is 30.3 Å². The Hall–Kier alpha value is -1.86. The molecule has 2 rings (SSSR count). The van der Waals surface area contributed by atoms with Crippen LogP contribution in [-0.2, 0) is 14.8 Å². The molecule has 0 aliphatic heterocycles. The summed E-state index contributed by atoms with van der Waals surface area (Å²) in [7, 11) is -3.61. The monoisotopic (exact) mass is 424 g/mol. The van der Waals surface area contributed by atoms with E-state index in [1.165, 1.54) is 0 Å². The van der Waals surface area contributed by atoms with Crippen molar-refractivity contribution in [1.29, 1.82) is 0 Å². The highest BCUT2D eigenvalue weighted by molar-refractivity contribution is 9.10. The highest BCUT2D eigenvalue weighted by Crippen LogP contribution is 2.29. The molecule has 0 saturated carbocycles. The van der Waals surface area contributed by atoms with Crippen molar-refractivity contribution >= 4 is 43.2 Å². The molecule has 0 aliphatic carbocycles. The molecule has 0 unspecified atom stereocenters. The molecule has 1 N–H and O–H groups in total. The zero-order chi connectivity index (χ0) is 18.6. The van der Waals surface area contributed by atoms with Crippen molar-refractivity contribution in [2.75, 3.05) is 22.4 Å². The van der Waals surface area contributed by atoms with Gasteiger partial charge in [-0.3, -0.25) is 9.10 Å². The van der Waals surface area contributed by atoms with Crippen molar-refractivity contribution < 1.29 is 13.2 Å². The maximum Gasteiger partial charge on any atom is 0.245 e. The third-order valence-electron chi connectivity index (χ3n) is 3.66. The molecular formula is C18H21BrN2O3S. The Morgan fingerprint density at radius 3 is 2.32 bits per heavy atom. The molecule has 0 spiro atoms. The van der Waals surface area contributed by atoms with Crippen LogP contribution in [0.5, 0.6) is 0 Å². The minimum absolute atomic E-state index is 0.131. The van der Waals surface area contributed by atoms with Crippen LogP contribution in [0.25, 0.3) is 0 Å². The van der Waals surface area contributed by atoms with Crippen LogP contribution < -0.4 is 9.62 Å². The Balaban J connectivity index is 2.31. The normalized spacial score (nSPS) is 11.4. The summed E-state index contributed by atoms with van der Waals surface area (Å²) in [6, 6.07) is 14.4. The van der Waals surface area contributed by atoms with Gasteiger partial charge in [-0.05, 0) is 45.6 Å². The molecule has 2 aromatic carbocycles. The van der Waals surface area contributed by atoms with Crippen LogP contribution in [0, 0.1) is 0 Å². The number of nitrogens with zero attached hydrogens (tertiary/aromatic N) is 1. The number of nitrogens with one attached hydrogen (secondary N) is 1. The van der Waals surface area contributed by atoms with Gasteiger partial charge >= 0.3 is 0 Å². The van der Waals surface area contributed by atoms with E-state index in [4.69, 9.17) is 0 Å². The molecule has 1 amide bonds. The number of anilines is 2. The number of para-hydroxylation sites is 2. The van der Waals surface area contributed by atoms with Crippen molar-refractivity contribution in [1.82, 2.24) is 0 Å². The second kappa shape index (κ2) is 8.01. The summed E-state index contributed by atoms with van der Waals surface area (Å²) in [6.45, 7) is 3.69. The van der Waals surface area contributed by atoms with Crippen molar-refractivity contribution in [3.05, 3.63) is 58.6 Å².